The number of anilines is 2. The molecule has 0 atom stereocenters. The van der Waals surface area contributed by atoms with Crippen LogP contribution in [-0.2, 0) is 17.6 Å². The lowest BCUT2D eigenvalue weighted by atomic mass is 10.0. The first kappa shape index (κ1) is 29.6. The van der Waals surface area contributed by atoms with Gasteiger partial charge in [-0.05, 0) is 86.9 Å². The van der Waals surface area contributed by atoms with E-state index in [1.807, 2.05) is 17.0 Å². The first-order valence-corrected chi connectivity index (χ1v) is 12.5. The third kappa shape index (κ3) is 7.93. The molecule has 0 bridgehead atoms. The van der Waals surface area contributed by atoms with E-state index in [9.17, 15) is 4.79 Å². The lowest BCUT2D eigenvalue weighted by Crippen LogP contribution is -2.35. The van der Waals surface area contributed by atoms with Crippen LogP contribution in [0.3, 0.4) is 0 Å². The number of ether oxygens (including phenoxy) is 2. The van der Waals surface area contributed by atoms with Gasteiger partial charge in [0.05, 0.1) is 20.6 Å². The Morgan fingerprint density at radius 3 is 2.03 bits per heavy atom. The van der Waals surface area contributed by atoms with Crippen LogP contribution >= 0.6 is 12.4 Å². The molecule has 7 nitrogen and oxygen atoms in total. The fraction of sp³-hybridized carbons (Fsp3) is 0.536. The van der Waals surface area contributed by atoms with Crippen molar-refractivity contribution in [3.63, 3.8) is 0 Å². The number of amides is 1. The Hall–Kier alpha value is -2.64. The van der Waals surface area contributed by atoms with Crippen LogP contribution in [0.25, 0.3) is 0 Å². The van der Waals surface area contributed by atoms with E-state index in [0.717, 1.165) is 63.3 Å². The SMILES string of the molecule is COc1cc2c(cc1OC)CC(=O)N(CCCN(C)CCCN(C)c1ccc(N(C)C)cc1)CC2.Cl. The van der Waals surface area contributed by atoms with Gasteiger partial charge >= 0.3 is 0 Å². The number of hydrogen-bond donors (Lipinski definition) is 0. The predicted molar refractivity (Wildman–Crippen MR) is 152 cm³/mol. The first-order chi connectivity index (χ1) is 16.8. The second-order valence-corrected chi connectivity index (χ2v) is 9.63. The van der Waals surface area contributed by atoms with Crippen LogP contribution in [-0.4, -0.2) is 90.8 Å². The number of fused-ring (bicyclic) bond motifs is 1. The summed E-state index contributed by atoms with van der Waals surface area (Å²) < 4.78 is 10.9. The minimum atomic E-state index is 0. The quantitative estimate of drug-likeness (QED) is 0.424. The van der Waals surface area contributed by atoms with Gasteiger partial charge in [-0.15, -0.1) is 12.4 Å². The van der Waals surface area contributed by atoms with Crippen LogP contribution in [0.4, 0.5) is 11.4 Å². The average molecular weight is 519 g/mol. The van der Waals surface area contributed by atoms with E-state index in [1.165, 1.54) is 16.9 Å². The van der Waals surface area contributed by atoms with Gasteiger partial charge in [0, 0.05) is 52.2 Å². The molecule has 0 saturated carbocycles. The van der Waals surface area contributed by atoms with Crippen LogP contribution in [0.5, 0.6) is 11.5 Å². The highest BCUT2D eigenvalue weighted by atomic mass is 35.5. The maximum atomic E-state index is 12.9. The van der Waals surface area contributed by atoms with Crippen molar-refractivity contribution in [1.29, 1.82) is 0 Å². The highest BCUT2D eigenvalue weighted by molar-refractivity contribution is 5.85. The second-order valence-electron chi connectivity index (χ2n) is 9.63. The molecule has 0 aromatic heterocycles. The van der Waals surface area contributed by atoms with E-state index in [1.54, 1.807) is 14.2 Å². The molecule has 0 saturated heterocycles. The summed E-state index contributed by atoms with van der Waals surface area (Å²) in [6.45, 7) is 4.59. The monoisotopic (exact) mass is 518 g/mol. The fourth-order valence-electron chi connectivity index (χ4n) is 4.61. The fourth-order valence-corrected chi connectivity index (χ4v) is 4.61. The predicted octanol–water partition coefficient (Wildman–Crippen LogP) is 3.97. The van der Waals surface area contributed by atoms with E-state index < -0.39 is 0 Å². The standard InChI is InChI=1S/C28H42N4O3.ClH/c1-29(2)24-9-11-25(12-10-24)31(4)16-7-14-30(3)15-8-17-32-18-13-22-19-26(34-5)27(35-6)20-23(22)21-28(32)33;/h9-12,19-20H,7-8,13-18,21H2,1-6H3;1H. The van der Waals surface area contributed by atoms with Crippen LogP contribution in [0.1, 0.15) is 24.0 Å². The molecule has 3 rings (SSSR count). The van der Waals surface area contributed by atoms with E-state index in [4.69, 9.17) is 9.47 Å². The molecule has 0 aliphatic carbocycles. The molecule has 0 fully saturated rings. The number of carbonyl (C=O) groups is 1. The second kappa shape index (κ2) is 14.2. The molecule has 1 amide bonds. The van der Waals surface area contributed by atoms with Crippen molar-refractivity contribution in [3.8, 4) is 11.5 Å². The third-order valence-corrected chi connectivity index (χ3v) is 6.86. The molecule has 36 heavy (non-hydrogen) atoms. The Balaban J connectivity index is 0.00000456. The van der Waals surface area contributed by atoms with Gasteiger partial charge in [-0.1, -0.05) is 0 Å². The summed E-state index contributed by atoms with van der Waals surface area (Å²) in [5.74, 6) is 1.61. The maximum Gasteiger partial charge on any atom is 0.227 e. The Morgan fingerprint density at radius 2 is 1.42 bits per heavy atom. The Kier molecular flexibility index (Phi) is 11.7. The molecular weight excluding hydrogens is 476 g/mol. The van der Waals surface area contributed by atoms with Crippen molar-refractivity contribution >= 4 is 29.7 Å². The molecule has 2 aromatic rings. The van der Waals surface area contributed by atoms with Crippen LogP contribution < -0.4 is 19.3 Å². The summed E-state index contributed by atoms with van der Waals surface area (Å²) in [6.07, 6.45) is 3.35. The summed E-state index contributed by atoms with van der Waals surface area (Å²) in [6, 6.07) is 12.7. The van der Waals surface area contributed by atoms with E-state index >= 15 is 0 Å². The van der Waals surface area contributed by atoms with Crippen molar-refractivity contribution in [3.05, 3.63) is 47.5 Å². The topological polar surface area (TPSA) is 48.5 Å². The minimum absolute atomic E-state index is 0. The molecule has 1 aliphatic heterocycles. The Labute approximate surface area is 223 Å². The molecular formula is C28H43ClN4O3. The summed E-state index contributed by atoms with van der Waals surface area (Å²) in [4.78, 5) is 21.7. The van der Waals surface area contributed by atoms with Crippen LogP contribution in [0.15, 0.2) is 36.4 Å². The minimum Gasteiger partial charge on any atom is -0.493 e. The van der Waals surface area contributed by atoms with Crippen LogP contribution in [0.2, 0.25) is 0 Å². The molecule has 0 spiro atoms. The number of nitrogens with zero attached hydrogens (tertiary/aromatic N) is 4. The van der Waals surface area contributed by atoms with Crippen molar-refractivity contribution < 1.29 is 14.3 Å². The Bertz CT molecular complexity index is 968. The van der Waals surface area contributed by atoms with Crippen molar-refractivity contribution in [2.24, 2.45) is 0 Å². The van der Waals surface area contributed by atoms with Gasteiger partial charge in [0.1, 0.15) is 0 Å². The molecule has 0 unspecified atom stereocenters. The summed E-state index contributed by atoms with van der Waals surface area (Å²) in [5, 5.41) is 0. The van der Waals surface area contributed by atoms with Gasteiger partial charge in [0.15, 0.2) is 11.5 Å². The zero-order valence-electron chi connectivity index (χ0n) is 22.7. The number of carbonyl (C=O) groups excluding carboxylic acids is 1. The number of rotatable bonds is 12. The summed E-state index contributed by atoms with van der Waals surface area (Å²) in [7, 11) is 11.7. The Morgan fingerprint density at radius 1 is 0.833 bits per heavy atom. The van der Waals surface area contributed by atoms with Crippen molar-refractivity contribution in [2.75, 3.05) is 84.9 Å². The molecule has 1 aliphatic rings. The highest BCUT2D eigenvalue weighted by Gasteiger charge is 2.22. The smallest absolute Gasteiger partial charge is 0.227 e. The molecule has 0 radical (unpaired) electrons. The molecule has 200 valence electrons. The number of benzene rings is 2. The van der Waals surface area contributed by atoms with Crippen LogP contribution in [0, 0.1) is 0 Å². The first-order valence-electron chi connectivity index (χ1n) is 12.5. The van der Waals surface area contributed by atoms with Crippen molar-refractivity contribution in [1.82, 2.24) is 9.80 Å². The molecule has 1 heterocycles. The van der Waals surface area contributed by atoms with Crippen molar-refractivity contribution in [2.45, 2.75) is 25.7 Å². The number of halogens is 1. The van der Waals surface area contributed by atoms with Gasteiger partial charge < -0.3 is 29.1 Å². The lowest BCUT2D eigenvalue weighted by Gasteiger charge is -2.24. The zero-order valence-corrected chi connectivity index (χ0v) is 23.6. The summed E-state index contributed by atoms with van der Waals surface area (Å²) in [5.41, 5.74) is 4.69. The van der Waals surface area contributed by atoms with Gasteiger partial charge in [-0.2, -0.15) is 0 Å². The average Bonchev–Trinajstić information content (AvgIpc) is 3.00. The highest BCUT2D eigenvalue weighted by Crippen LogP contribution is 2.32. The largest absolute Gasteiger partial charge is 0.493 e. The zero-order chi connectivity index (χ0) is 25.4. The van der Waals surface area contributed by atoms with E-state index in [2.05, 4.69) is 67.2 Å². The normalized spacial score (nSPS) is 13.1. The van der Waals surface area contributed by atoms with Gasteiger partial charge in [0.2, 0.25) is 5.91 Å². The molecule has 8 heteroatoms. The lowest BCUT2D eigenvalue weighted by molar-refractivity contribution is -0.130. The molecule has 2 aromatic carbocycles. The number of methoxy groups -OCH3 is 2. The number of hydrogen-bond acceptors (Lipinski definition) is 6. The van der Waals surface area contributed by atoms with E-state index in [0.29, 0.717) is 12.2 Å². The van der Waals surface area contributed by atoms with E-state index in [-0.39, 0.29) is 18.3 Å². The third-order valence-electron chi connectivity index (χ3n) is 6.86. The van der Waals surface area contributed by atoms with Gasteiger partial charge in [-0.3, -0.25) is 4.79 Å². The van der Waals surface area contributed by atoms with Gasteiger partial charge in [0.25, 0.3) is 0 Å². The molecule has 0 N–H and O–H groups in total. The van der Waals surface area contributed by atoms with Gasteiger partial charge in [-0.25, -0.2) is 0 Å². The maximum absolute atomic E-state index is 12.9. The summed E-state index contributed by atoms with van der Waals surface area (Å²) >= 11 is 0.